The van der Waals surface area contributed by atoms with Gasteiger partial charge in [-0.3, -0.25) is 0 Å². The van der Waals surface area contributed by atoms with Gasteiger partial charge >= 0.3 is 0 Å². The van der Waals surface area contributed by atoms with Gasteiger partial charge in [-0.15, -0.1) is 0 Å². The van der Waals surface area contributed by atoms with Crippen molar-refractivity contribution < 1.29 is 0 Å². The van der Waals surface area contributed by atoms with E-state index in [-0.39, 0.29) is 0 Å². The lowest BCUT2D eigenvalue weighted by molar-refractivity contribution is 0.194. The summed E-state index contributed by atoms with van der Waals surface area (Å²) in [6.07, 6.45) is 4.04. The first-order chi connectivity index (χ1) is 8.16. The lowest BCUT2D eigenvalue weighted by atomic mass is 10.0. The molecule has 0 radical (unpaired) electrons. The minimum absolute atomic E-state index is 0.683. The van der Waals surface area contributed by atoms with Crippen LogP contribution in [0.4, 0.5) is 5.69 Å². The van der Waals surface area contributed by atoms with Crippen molar-refractivity contribution in [2.24, 2.45) is 0 Å². The van der Waals surface area contributed by atoms with Gasteiger partial charge in [0, 0.05) is 22.7 Å². The average molecular weight is 297 g/mol. The van der Waals surface area contributed by atoms with E-state index in [2.05, 4.69) is 58.3 Å². The highest BCUT2D eigenvalue weighted by molar-refractivity contribution is 9.10. The summed E-state index contributed by atoms with van der Waals surface area (Å²) in [5.41, 5.74) is 2.56. The first-order valence-electron chi connectivity index (χ1n) is 6.37. The Labute approximate surface area is 113 Å². The maximum absolute atomic E-state index is 3.58. The third kappa shape index (κ3) is 3.46. The Balaban J connectivity index is 1.94. The summed E-state index contributed by atoms with van der Waals surface area (Å²) < 4.78 is 1.14. The molecule has 1 saturated heterocycles. The topological polar surface area (TPSA) is 15.3 Å². The molecule has 94 valence electrons. The van der Waals surface area contributed by atoms with Crippen molar-refractivity contribution in [2.75, 3.05) is 25.5 Å². The van der Waals surface area contributed by atoms with Gasteiger partial charge in [-0.05, 0) is 51.1 Å². The highest BCUT2D eigenvalue weighted by atomic mass is 79.9. The Morgan fingerprint density at radius 1 is 1.41 bits per heavy atom. The van der Waals surface area contributed by atoms with Gasteiger partial charge < -0.3 is 10.2 Å². The van der Waals surface area contributed by atoms with E-state index in [4.69, 9.17) is 0 Å². The van der Waals surface area contributed by atoms with E-state index < -0.39 is 0 Å². The van der Waals surface area contributed by atoms with Crippen LogP contribution in [0.5, 0.6) is 0 Å². The zero-order valence-corrected chi connectivity index (χ0v) is 12.3. The molecule has 2 rings (SSSR count). The maximum Gasteiger partial charge on any atom is 0.0381 e. The van der Waals surface area contributed by atoms with Crippen LogP contribution >= 0.6 is 15.9 Å². The molecule has 1 aromatic rings. The third-order valence-electron chi connectivity index (χ3n) is 3.65. The summed E-state index contributed by atoms with van der Waals surface area (Å²) in [7, 11) is 2.24. The third-order valence-corrected chi connectivity index (χ3v) is 4.14. The largest absolute Gasteiger partial charge is 0.383 e. The molecule has 3 heteroatoms. The molecule has 0 aromatic heterocycles. The van der Waals surface area contributed by atoms with Crippen LogP contribution in [0.3, 0.4) is 0 Å². The zero-order chi connectivity index (χ0) is 12.3. The van der Waals surface area contributed by atoms with Crippen molar-refractivity contribution in [2.45, 2.75) is 32.2 Å². The molecule has 0 spiro atoms. The number of anilines is 1. The molecule has 1 fully saturated rings. The molecule has 0 aliphatic carbocycles. The van der Waals surface area contributed by atoms with Gasteiger partial charge in [-0.2, -0.15) is 0 Å². The highest BCUT2D eigenvalue weighted by Gasteiger charge is 2.18. The smallest absolute Gasteiger partial charge is 0.0381 e. The van der Waals surface area contributed by atoms with Crippen molar-refractivity contribution in [3.63, 3.8) is 0 Å². The van der Waals surface area contributed by atoms with Crippen LogP contribution in [0.2, 0.25) is 0 Å². The van der Waals surface area contributed by atoms with Crippen LogP contribution < -0.4 is 5.32 Å². The molecule has 0 bridgehead atoms. The van der Waals surface area contributed by atoms with Crippen LogP contribution in [0.25, 0.3) is 0 Å². The normalized spacial score (nSPS) is 21.5. The first-order valence-corrected chi connectivity index (χ1v) is 7.16. The SMILES string of the molecule is Cc1ccc(Br)cc1NCC1CCCCN1C. The van der Waals surface area contributed by atoms with Crippen LogP contribution in [0.1, 0.15) is 24.8 Å². The Morgan fingerprint density at radius 3 is 3.00 bits per heavy atom. The first kappa shape index (κ1) is 12.9. The van der Waals surface area contributed by atoms with Crippen LogP contribution in [0.15, 0.2) is 22.7 Å². The molecule has 1 aliphatic heterocycles. The monoisotopic (exact) mass is 296 g/mol. The Hall–Kier alpha value is -0.540. The summed E-state index contributed by atoms with van der Waals surface area (Å²) in [6.45, 7) is 4.44. The number of likely N-dealkylation sites (tertiary alicyclic amines) is 1. The van der Waals surface area contributed by atoms with Gasteiger partial charge in [0.2, 0.25) is 0 Å². The number of piperidine rings is 1. The molecule has 1 N–H and O–H groups in total. The summed E-state index contributed by atoms with van der Waals surface area (Å²) in [4.78, 5) is 2.48. The number of nitrogens with one attached hydrogen (secondary N) is 1. The standard InChI is InChI=1S/C14H21BrN2/c1-11-6-7-12(15)9-14(11)16-10-13-5-3-4-8-17(13)2/h6-7,9,13,16H,3-5,8,10H2,1-2H3. The zero-order valence-electron chi connectivity index (χ0n) is 10.7. The Kier molecular flexibility index (Phi) is 4.46. The molecule has 0 saturated carbocycles. The minimum Gasteiger partial charge on any atom is -0.383 e. The van der Waals surface area contributed by atoms with E-state index in [9.17, 15) is 0 Å². The van der Waals surface area contributed by atoms with E-state index in [1.54, 1.807) is 0 Å². The van der Waals surface area contributed by atoms with Crippen molar-refractivity contribution in [1.82, 2.24) is 4.90 Å². The lowest BCUT2D eigenvalue weighted by Crippen LogP contribution is -2.40. The number of likely N-dealkylation sites (N-methyl/N-ethyl adjacent to an activating group) is 1. The second-order valence-electron chi connectivity index (χ2n) is 4.97. The molecule has 1 aliphatic rings. The van der Waals surface area contributed by atoms with Gasteiger partial charge in [-0.25, -0.2) is 0 Å². The Morgan fingerprint density at radius 2 is 2.24 bits per heavy atom. The van der Waals surface area contributed by atoms with Gasteiger partial charge in [0.25, 0.3) is 0 Å². The predicted molar refractivity (Wildman–Crippen MR) is 77.6 cm³/mol. The van der Waals surface area contributed by atoms with Crippen LogP contribution in [-0.2, 0) is 0 Å². The molecule has 1 unspecified atom stereocenters. The quantitative estimate of drug-likeness (QED) is 0.916. The predicted octanol–water partition coefficient (Wildman–Crippen LogP) is 3.65. The Bertz CT molecular complexity index is 378. The lowest BCUT2D eigenvalue weighted by Gasteiger charge is -2.32. The van der Waals surface area contributed by atoms with Crippen molar-refractivity contribution in [3.05, 3.63) is 28.2 Å². The average Bonchev–Trinajstić information content (AvgIpc) is 2.32. The van der Waals surface area contributed by atoms with Gasteiger partial charge in [0.05, 0.1) is 0 Å². The maximum atomic E-state index is 3.58. The summed E-state index contributed by atoms with van der Waals surface area (Å²) in [6, 6.07) is 7.09. The number of aryl methyl sites for hydroxylation is 1. The van der Waals surface area contributed by atoms with E-state index in [1.165, 1.54) is 37.1 Å². The second kappa shape index (κ2) is 5.87. The van der Waals surface area contributed by atoms with E-state index in [0.29, 0.717) is 6.04 Å². The highest BCUT2D eigenvalue weighted by Crippen LogP contribution is 2.22. The molecule has 1 heterocycles. The molecule has 17 heavy (non-hydrogen) atoms. The molecule has 2 nitrogen and oxygen atoms in total. The van der Waals surface area contributed by atoms with Gasteiger partial charge in [-0.1, -0.05) is 28.4 Å². The molecule has 1 atom stereocenters. The fourth-order valence-electron chi connectivity index (χ4n) is 2.41. The van der Waals surface area contributed by atoms with Gasteiger partial charge in [0.1, 0.15) is 0 Å². The van der Waals surface area contributed by atoms with E-state index in [0.717, 1.165) is 11.0 Å². The summed E-state index contributed by atoms with van der Waals surface area (Å²) in [5.74, 6) is 0. The minimum atomic E-state index is 0.683. The summed E-state index contributed by atoms with van der Waals surface area (Å²) in [5, 5.41) is 3.58. The molecular formula is C14H21BrN2. The van der Waals surface area contributed by atoms with Crippen LogP contribution in [0, 0.1) is 6.92 Å². The number of halogens is 1. The van der Waals surface area contributed by atoms with Crippen molar-refractivity contribution in [1.29, 1.82) is 0 Å². The number of benzene rings is 1. The molecule has 0 amide bonds. The van der Waals surface area contributed by atoms with Gasteiger partial charge in [0.15, 0.2) is 0 Å². The number of hydrogen-bond donors (Lipinski definition) is 1. The molecule has 1 aromatic carbocycles. The number of hydrogen-bond acceptors (Lipinski definition) is 2. The van der Waals surface area contributed by atoms with Crippen molar-refractivity contribution >= 4 is 21.6 Å². The van der Waals surface area contributed by atoms with Crippen LogP contribution in [-0.4, -0.2) is 31.1 Å². The van der Waals surface area contributed by atoms with E-state index >= 15 is 0 Å². The fraction of sp³-hybridized carbons (Fsp3) is 0.571. The second-order valence-corrected chi connectivity index (χ2v) is 5.89. The number of rotatable bonds is 3. The summed E-state index contributed by atoms with van der Waals surface area (Å²) >= 11 is 3.52. The molecular weight excluding hydrogens is 276 g/mol. The number of nitrogens with zero attached hydrogens (tertiary/aromatic N) is 1. The van der Waals surface area contributed by atoms with Crippen molar-refractivity contribution in [3.8, 4) is 0 Å². The fourth-order valence-corrected chi connectivity index (χ4v) is 2.78. The van der Waals surface area contributed by atoms with E-state index in [1.807, 2.05) is 0 Å².